The highest BCUT2D eigenvalue weighted by molar-refractivity contribution is 7.92. The van der Waals surface area contributed by atoms with Crippen LogP contribution in [-0.4, -0.2) is 34.6 Å². The van der Waals surface area contributed by atoms with Crippen molar-refractivity contribution in [2.45, 2.75) is 11.8 Å². The Morgan fingerprint density at radius 3 is 2.00 bits per heavy atom. The van der Waals surface area contributed by atoms with Crippen LogP contribution in [0.3, 0.4) is 0 Å². The lowest BCUT2D eigenvalue weighted by atomic mass is 10.2. The smallest absolute Gasteiger partial charge is 0.354 e. The zero-order valence-corrected chi connectivity index (χ0v) is 16.4. The molecule has 2 aromatic carbocycles. The molecule has 0 atom stereocenters. The lowest BCUT2D eigenvalue weighted by Crippen LogP contribution is -2.15. The molecule has 28 heavy (non-hydrogen) atoms. The third-order valence-corrected chi connectivity index (χ3v) is 5.01. The van der Waals surface area contributed by atoms with Crippen LogP contribution in [0, 0.1) is 6.92 Å². The molecule has 0 bridgehead atoms. The second-order valence-corrected chi connectivity index (χ2v) is 7.38. The highest BCUT2D eigenvalue weighted by Crippen LogP contribution is 2.20. The third kappa shape index (κ3) is 5.58. The molecule has 0 aliphatic rings. The van der Waals surface area contributed by atoms with Crippen LogP contribution in [0.15, 0.2) is 65.2 Å². The Labute approximate surface area is 163 Å². The van der Waals surface area contributed by atoms with E-state index in [1.165, 1.54) is 38.5 Å². The van der Waals surface area contributed by atoms with E-state index in [1.54, 1.807) is 24.3 Å². The van der Waals surface area contributed by atoms with Crippen LogP contribution in [0.4, 0.5) is 11.4 Å². The summed E-state index contributed by atoms with van der Waals surface area (Å²) in [6, 6.07) is 12.6. The fraction of sp³-hybridized carbons (Fsp3) is 0.158. The standard InChI is InChI=1S/C19H20N2O6S/c1-13-4-10-16(11-5-13)28(24,25)21-15-8-6-14(7-9-15)20-17(19(23)27-3)12-18(22)26-2/h4-12,20-21H,1-3H3/b17-12+. The van der Waals surface area contributed by atoms with Gasteiger partial charge in [0.05, 0.1) is 25.2 Å². The molecule has 0 heterocycles. The van der Waals surface area contributed by atoms with Gasteiger partial charge >= 0.3 is 11.9 Å². The van der Waals surface area contributed by atoms with Gasteiger partial charge in [-0.2, -0.15) is 0 Å². The molecule has 0 saturated heterocycles. The number of carbonyl (C=O) groups excluding carboxylic acids is 2. The quantitative estimate of drug-likeness (QED) is 0.539. The van der Waals surface area contributed by atoms with Gasteiger partial charge in [0.2, 0.25) is 0 Å². The van der Waals surface area contributed by atoms with Crippen LogP contribution < -0.4 is 10.0 Å². The minimum absolute atomic E-state index is 0.123. The number of nitrogens with one attached hydrogen (secondary N) is 2. The number of esters is 2. The first kappa shape index (κ1) is 21.0. The Kier molecular flexibility index (Phi) is 6.78. The minimum Gasteiger partial charge on any atom is -0.466 e. The molecule has 0 aliphatic carbocycles. The number of carbonyl (C=O) groups is 2. The van der Waals surface area contributed by atoms with Crippen LogP contribution in [0.5, 0.6) is 0 Å². The van der Waals surface area contributed by atoms with Gasteiger partial charge in [-0.25, -0.2) is 18.0 Å². The predicted molar refractivity (Wildman–Crippen MR) is 104 cm³/mol. The maximum absolute atomic E-state index is 12.4. The topological polar surface area (TPSA) is 111 Å². The van der Waals surface area contributed by atoms with Gasteiger partial charge in [-0.3, -0.25) is 4.72 Å². The van der Waals surface area contributed by atoms with Crippen molar-refractivity contribution >= 4 is 33.3 Å². The van der Waals surface area contributed by atoms with Crippen molar-refractivity contribution in [3.05, 3.63) is 65.9 Å². The molecule has 2 aromatic rings. The molecular formula is C19H20N2O6S. The number of benzene rings is 2. The van der Waals surface area contributed by atoms with Gasteiger partial charge in [0.1, 0.15) is 5.70 Å². The number of anilines is 2. The normalized spacial score (nSPS) is 11.5. The first-order chi connectivity index (χ1) is 13.2. The van der Waals surface area contributed by atoms with Gasteiger partial charge in [0.15, 0.2) is 0 Å². The summed E-state index contributed by atoms with van der Waals surface area (Å²) >= 11 is 0. The number of methoxy groups -OCH3 is 2. The lowest BCUT2D eigenvalue weighted by molar-refractivity contribution is -0.138. The summed E-state index contributed by atoms with van der Waals surface area (Å²) in [4.78, 5) is 23.3. The van der Waals surface area contributed by atoms with Gasteiger partial charge in [-0.1, -0.05) is 17.7 Å². The van der Waals surface area contributed by atoms with E-state index in [2.05, 4.69) is 19.5 Å². The van der Waals surface area contributed by atoms with Crippen LogP contribution in [-0.2, 0) is 29.1 Å². The van der Waals surface area contributed by atoms with Crippen LogP contribution in [0.2, 0.25) is 0 Å². The van der Waals surface area contributed by atoms with Crippen molar-refractivity contribution in [2.24, 2.45) is 0 Å². The van der Waals surface area contributed by atoms with E-state index in [9.17, 15) is 18.0 Å². The zero-order valence-electron chi connectivity index (χ0n) is 15.6. The van der Waals surface area contributed by atoms with Crippen LogP contribution >= 0.6 is 0 Å². The Morgan fingerprint density at radius 1 is 0.893 bits per heavy atom. The van der Waals surface area contributed by atoms with E-state index >= 15 is 0 Å². The van der Waals surface area contributed by atoms with E-state index in [0.717, 1.165) is 11.6 Å². The number of rotatable bonds is 7. The summed E-state index contributed by atoms with van der Waals surface area (Å²) in [6.07, 6.45) is 0.958. The van der Waals surface area contributed by atoms with Crippen molar-refractivity contribution in [3.63, 3.8) is 0 Å². The first-order valence-corrected chi connectivity index (χ1v) is 9.58. The molecule has 0 aromatic heterocycles. The largest absolute Gasteiger partial charge is 0.466 e. The van der Waals surface area contributed by atoms with Gasteiger partial charge < -0.3 is 14.8 Å². The average Bonchev–Trinajstić information content (AvgIpc) is 2.68. The fourth-order valence-electron chi connectivity index (χ4n) is 2.14. The Morgan fingerprint density at radius 2 is 1.46 bits per heavy atom. The molecule has 0 amide bonds. The van der Waals surface area contributed by atoms with Gasteiger partial charge in [-0.05, 0) is 43.3 Å². The van der Waals surface area contributed by atoms with Crippen molar-refractivity contribution in [1.29, 1.82) is 0 Å². The molecule has 148 valence electrons. The van der Waals surface area contributed by atoms with Gasteiger partial charge in [0, 0.05) is 11.4 Å². The zero-order chi connectivity index (χ0) is 20.7. The molecule has 9 heteroatoms. The van der Waals surface area contributed by atoms with Crippen LogP contribution in [0.25, 0.3) is 0 Å². The molecular weight excluding hydrogens is 384 g/mol. The summed E-state index contributed by atoms with van der Waals surface area (Å²) < 4.78 is 36.4. The van der Waals surface area contributed by atoms with Crippen LogP contribution in [0.1, 0.15) is 5.56 Å². The second-order valence-electron chi connectivity index (χ2n) is 5.69. The van der Waals surface area contributed by atoms with Gasteiger partial charge in [-0.15, -0.1) is 0 Å². The summed E-state index contributed by atoms with van der Waals surface area (Å²) in [5.74, 6) is -1.48. The lowest BCUT2D eigenvalue weighted by Gasteiger charge is -2.11. The predicted octanol–water partition coefficient (Wildman–Crippen LogP) is 2.44. The second kappa shape index (κ2) is 9.05. The average molecular weight is 404 g/mol. The van der Waals surface area contributed by atoms with E-state index in [0.29, 0.717) is 11.4 Å². The van der Waals surface area contributed by atoms with E-state index in [4.69, 9.17) is 0 Å². The Hall–Kier alpha value is -3.33. The maximum Gasteiger partial charge on any atom is 0.354 e. The number of aryl methyl sites for hydroxylation is 1. The summed E-state index contributed by atoms with van der Waals surface area (Å²) in [5, 5.41) is 2.73. The SMILES string of the molecule is COC(=O)/C=C(/Nc1ccc(NS(=O)(=O)c2ccc(C)cc2)cc1)C(=O)OC. The molecule has 0 radical (unpaired) electrons. The van der Waals surface area contributed by atoms with Crippen molar-refractivity contribution in [3.8, 4) is 0 Å². The first-order valence-electron chi connectivity index (χ1n) is 8.09. The fourth-order valence-corrected chi connectivity index (χ4v) is 3.20. The number of sulfonamides is 1. The monoisotopic (exact) mass is 404 g/mol. The summed E-state index contributed by atoms with van der Waals surface area (Å²) in [5.41, 5.74) is 1.61. The molecule has 8 nitrogen and oxygen atoms in total. The highest BCUT2D eigenvalue weighted by atomic mass is 32.2. The third-order valence-electron chi connectivity index (χ3n) is 3.62. The molecule has 0 aliphatic heterocycles. The molecule has 2 rings (SSSR count). The van der Waals surface area contributed by atoms with Crippen molar-refractivity contribution in [1.82, 2.24) is 0 Å². The van der Waals surface area contributed by atoms with Crippen molar-refractivity contribution < 1.29 is 27.5 Å². The number of ether oxygens (including phenoxy) is 2. The van der Waals surface area contributed by atoms with Crippen molar-refractivity contribution in [2.75, 3.05) is 24.3 Å². The summed E-state index contributed by atoms with van der Waals surface area (Å²) in [6.45, 7) is 1.87. The highest BCUT2D eigenvalue weighted by Gasteiger charge is 2.15. The number of hydrogen-bond acceptors (Lipinski definition) is 7. The maximum atomic E-state index is 12.4. The van der Waals surface area contributed by atoms with E-state index in [-0.39, 0.29) is 10.6 Å². The van der Waals surface area contributed by atoms with E-state index in [1.807, 2.05) is 6.92 Å². The Balaban J connectivity index is 2.16. The molecule has 2 N–H and O–H groups in total. The van der Waals surface area contributed by atoms with E-state index < -0.39 is 22.0 Å². The Bertz CT molecular complexity index is 980. The molecule has 0 spiro atoms. The molecule has 0 fully saturated rings. The molecule has 0 saturated carbocycles. The van der Waals surface area contributed by atoms with Gasteiger partial charge in [0.25, 0.3) is 10.0 Å². The minimum atomic E-state index is -3.72. The molecule has 0 unspecified atom stereocenters. The number of hydrogen-bond donors (Lipinski definition) is 2. The summed E-state index contributed by atoms with van der Waals surface area (Å²) in [7, 11) is -1.36.